The number of rotatable bonds is 3. The largest absolute Gasteiger partial charge is 0.490 e. The highest BCUT2D eigenvalue weighted by Crippen LogP contribution is 2.33. The summed E-state index contributed by atoms with van der Waals surface area (Å²) >= 11 is 1.77. The highest BCUT2D eigenvalue weighted by Gasteiger charge is 2.06. The maximum Gasteiger partial charge on any atom is 0.127 e. The lowest BCUT2D eigenvalue weighted by Crippen LogP contribution is -2.05. The number of benzene rings is 2. The molecule has 0 aliphatic heterocycles. The molecule has 0 unspecified atom stereocenters. The lowest BCUT2D eigenvalue weighted by atomic mass is 10.1. The average molecular weight is 232 g/mol. The van der Waals surface area contributed by atoms with E-state index in [2.05, 4.69) is 56.5 Å². The van der Waals surface area contributed by atoms with E-state index in [1.165, 1.54) is 15.7 Å². The molecular weight excluding hydrogens is 216 g/mol. The summed E-state index contributed by atoms with van der Waals surface area (Å²) in [6.45, 7) is 4.11. The van der Waals surface area contributed by atoms with Crippen LogP contribution in [0.3, 0.4) is 0 Å². The highest BCUT2D eigenvalue weighted by atomic mass is 32.2. The molecule has 2 rings (SSSR count). The molecule has 84 valence electrons. The molecule has 0 fully saturated rings. The Morgan fingerprint density at radius 3 is 2.31 bits per heavy atom. The van der Waals surface area contributed by atoms with Gasteiger partial charge >= 0.3 is 0 Å². The molecule has 0 bridgehead atoms. The third-order valence-corrected chi connectivity index (χ3v) is 3.22. The van der Waals surface area contributed by atoms with E-state index in [4.69, 9.17) is 4.74 Å². The van der Waals surface area contributed by atoms with E-state index in [0.29, 0.717) is 0 Å². The van der Waals surface area contributed by atoms with Crippen molar-refractivity contribution in [3.63, 3.8) is 0 Å². The average Bonchev–Trinajstić information content (AvgIpc) is 2.29. The van der Waals surface area contributed by atoms with Crippen LogP contribution in [0.4, 0.5) is 0 Å². The molecular formula is C14H16OS. The summed E-state index contributed by atoms with van der Waals surface area (Å²) in [6.07, 6.45) is 2.31. The molecule has 0 saturated carbocycles. The van der Waals surface area contributed by atoms with Gasteiger partial charge in [0.05, 0.1) is 6.10 Å². The van der Waals surface area contributed by atoms with Crippen LogP contribution in [0.25, 0.3) is 10.8 Å². The number of ether oxygens (including phenoxy) is 1. The maximum absolute atomic E-state index is 5.82. The van der Waals surface area contributed by atoms with Gasteiger partial charge in [-0.1, -0.05) is 24.3 Å². The van der Waals surface area contributed by atoms with Gasteiger partial charge in [-0.25, -0.2) is 0 Å². The predicted molar refractivity (Wildman–Crippen MR) is 71.5 cm³/mol. The summed E-state index contributed by atoms with van der Waals surface area (Å²) in [7, 11) is 0. The van der Waals surface area contributed by atoms with E-state index < -0.39 is 0 Å². The van der Waals surface area contributed by atoms with Crippen molar-refractivity contribution in [2.24, 2.45) is 0 Å². The molecule has 2 aromatic rings. The van der Waals surface area contributed by atoms with E-state index in [1.54, 1.807) is 11.8 Å². The molecule has 2 heteroatoms. The fourth-order valence-corrected chi connectivity index (χ4v) is 2.38. The molecule has 1 nitrogen and oxygen atoms in total. The Hall–Kier alpha value is -1.15. The van der Waals surface area contributed by atoms with Crippen LogP contribution < -0.4 is 4.74 Å². The van der Waals surface area contributed by atoms with E-state index >= 15 is 0 Å². The Morgan fingerprint density at radius 1 is 1.00 bits per heavy atom. The predicted octanol–water partition coefficient (Wildman–Crippen LogP) is 4.35. The Kier molecular flexibility index (Phi) is 3.39. The molecule has 16 heavy (non-hydrogen) atoms. The molecule has 0 heterocycles. The Labute approximate surface area is 101 Å². The highest BCUT2D eigenvalue weighted by molar-refractivity contribution is 7.98. The zero-order chi connectivity index (χ0) is 11.5. The van der Waals surface area contributed by atoms with Gasteiger partial charge in [0.1, 0.15) is 5.75 Å². The first-order valence-electron chi connectivity index (χ1n) is 5.44. The summed E-state index contributed by atoms with van der Waals surface area (Å²) in [4.78, 5) is 1.30. The molecule has 0 spiro atoms. The summed E-state index contributed by atoms with van der Waals surface area (Å²) in [5, 5.41) is 2.47. The lowest BCUT2D eigenvalue weighted by Gasteiger charge is -2.13. The lowest BCUT2D eigenvalue weighted by molar-refractivity contribution is 0.245. The zero-order valence-electron chi connectivity index (χ0n) is 9.86. The second-order valence-corrected chi connectivity index (χ2v) is 4.83. The van der Waals surface area contributed by atoms with Crippen molar-refractivity contribution in [3.05, 3.63) is 36.4 Å². The number of hydrogen-bond acceptors (Lipinski definition) is 2. The standard InChI is InChI=1S/C14H16OS/c1-10(2)15-13-8-9-14(16-3)12-7-5-4-6-11(12)13/h4-10H,1-3H3. The van der Waals surface area contributed by atoms with Crippen LogP contribution >= 0.6 is 11.8 Å². The van der Waals surface area contributed by atoms with Crippen LogP contribution in [0.15, 0.2) is 41.3 Å². The SMILES string of the molecule is CSc1ccc(OC(C)C)c2ccccc12. The number of thioether (sulfide) groups is 1. The maximum atomic E-state index is 5.82. The van der Waals surface area contributed by atoms with E-state index in [9.17, 15) is 0 Å². The third-order valence-electron chi connectivity index (χ3n) is 2.43. The van der Waals surface area contributed by atoms with E-state index in [-0.39, 0.29) is 6.10 Å². The molecule has 0 radical (unpaired) electrons. The Balaban J connectivity index is 2.60. The van der Waals surface area contributed by atoms with Crippen molar-refractivity contribution >= 4 is 22.5 Å². The van der Waals surface area contributed by atoms with Gasteiger partial charge in [0, 0.05) is 10.3 Å². The van der Waals surface area contributed by atoms with Crippen LogP contribution in [0.1, 0.15) is 13.8 Å². The molecule has 0 aliphatic rings. The van der Waals surface area contributed by atoms with Crippen LogP contribution in [0.2, 0.25) is 0 Å². The normalized spacial score (nSPS) is 11.0. The van der Waals surface area contributed by atoms with Crippen LogP contribution in [-0.2, 0) is 0 Å². The first-order chi connectivity index (χ1) is 7.72. The van der Waals surface area contributed by atoms with Crippen molar-refractivity contribution in [1.82, 2.24) is 0 Å². The van der Waals surface area contributed by atoms with Gasteiger partial charge in [-0.3, -0.25) is 0 Å². The monoisotopic (exact) mass is 232 g/mol. The molecule has 0 aromatic heterocycles. The first-order valence-corrected chi connectivity index (χ1v) is 6.67. The number of hydrogen-bond donors (Lipinski definition) is 0. The van der Waals surface area contributed by atoms with Crippen molar-refractivity contribution in [1.29, 1.82) is 0 Å². The van der Waals surface area contributed by atoms with Gasteiger partial charge in [-0.05, 0) is 37.6 Å². The van der Waals surface area contributed by atoms with Gasteiger partial charge < -0.3 is 4.74 Å². The number of fused-ring (bicyclic) bond motifs is 1. The van der Waals surface area contributed by atoms with Crippen molar-refractivity contribution in [2.45, 2.75) is 24.8 Å². The molecule has 0 saturated heterocycles. The summed E-state index contributed by atoms with van der Waals surface area (Å²) in [5.74, 6) is 0.975. The fourth-order valence-electron chi connectivity index (χ4n) is 1.78. The van der Waals surface area contributed by atoms with Crippen molar-refractivity contribution in [2.75, 3.05) is 6.26 Å². The second kappa shape index (κ2) is 4.79. The van der Waals surface area contributed by atoms with E-state index in [0.717, 1.165) is 5.75 Å². The Bertz CT molecular complexity index is 491. The summed E-state index contributed by atoms with van der Waals surface area (Å²) in [5.41, 5.74) is 0. The molecule has 0 aliphatic carbocycles. The van der Waals surface area contributed by atoms with Gasteiger partial charge in [0.2, 0.25) is 0 Å². The minimum atomic E-state index is 0.212. The Morgan fingerprint density at radius 2 is 1.69 bits per heavy atom. The molecule has 0 atom stereocenters. The van der Waals surface area contributed by atoms with E-state index in [1.807, 2.05) is 0 Å². The zero-order valence-corrected chi connectivity index (χ0v) is 10.7. The van der Waals surface area contributed by atoms with Crippen molar-refractivity contribution < 1.29 is 4.74 Å². The van der Waals surface area contributed by atoms with Gasteiger partial charge in [0.15, 0.2) is 0 Å². The molecule has 0 N–H and O–H groups in total. The quantitative estimate of drug-likeness (QED) is 0.728. The fraction of sp³-hybridized carbons (Fsp3) is 0.286. The van der Waals surface area contributed by atoms with Crippen LogP contribution in [0.5, 0.6) is 5.75 Å². The minimum absolute atomic E-state index is 0.212. The minimum Gasteiger partial charge on any atom is -0.490 e. The topological polar surface area (TPSA) is 9.23 Å². The third kappa shape index (κ3) is 2.17. The summed E-state index contributed by atoms with van der Waals surface area (Å²) < 4.78 is 5.82. The second-order valence-electron chi connectivity index (χ2n) is 3.98. The molecule has 0 amide bonds. The van der Waals surface area contributed by atoms with Gasteiger partial charge in [0.25, 0.3) is 0 Å². The molecule has 2 aromatic carbocycles. The van der Waals surface area contributed by atoms with Gasteiger partial charge in [-0.2, -0.15) is 0 Å². The van der Waals surface area contributed by atoms with Crippen molar-refractivity contribution in [3.8, 4) is 5.75 Å². The van der Waals surface area contributed by atoms with Crippen LogP contribution in [0, 0.1) is 0 Å². The smallest absolute Gasteiger partial charge is 0.127 e. The van der Waals surface area contributed by atoms with Gasteiger partial charge in [-0.15, -0.1) is 11.8 Å². The van der Waals surface area contributed by atoms with Crippen LogP contribution in [-0.4, -0.2) is 12.4 Å². The first kappa shape index (κ1) is 11.3. The summed E-state index contributed by atoms with van der Waals surface area (Å²) in [6, 6.07) is 12.6.